The van der Waals surface area contributed by atoms with E-state index in [1.54, 1.807) is 36.5 Å². The lowest BCUT2D eigenvalue weighted by atomic mass is 10.2. The van der Waals surface area contributed by atoms with Gasteiger partial charge in [-0.15, -0.1) is 0 Å². The summed E-state index contributed by atoms with van der Waals surface area (Å²) in [6.07, 6.45) is 2.83. The van der Waals surface area contributed by atoms with E-state index < -0.39 is 17.2 Å². The Bertz CT molecular complexity index is 1300. The number of anilines is 2. The van der Waals surface area contributed by atoms with Crippen LogP contribution in [-0.4, -0.2) is 15.6 Å². The minimum absolute atomic E-state index is 0.0816. The number of halogens is 2. The molecule has 0 atom stereocenters. The lowest BCUT2D eigenvalue weighted by Crippen LogP contribution is -2.22. The zero-order valence-corrected chi connectivity index (χ0v) is 15.4. The molecule has 2 aromatic carbocycles. The summed E-state index contributed by atoms with van der Waals surface area (Å²) in [4.78, 5) is 21.7. The molecule has 0 radical (unpaired) electrons. The Labute approximate surface area is 165 Å². The van der Waals surface area contributed by atoms with Gasteiger partial charge in [0.1, 0.15) is 28.7 Å². The number of aryl methyl sites for hydroxylation is 1. The number of aliphatic imine (C=N–C) groups is 1. The molecule has 0 fully saturated rings. The minimum Gasteiger partial charge on any atom is -0.337 e. The van der Waals surface area contributed by atoms with Crippen LogP contribution in [0.2, 0.25) is 0 Å². The van der Waals surface area contributed by atoms with E-state index in [4.69, 9.17) is 0 Å². The van der Waals surface area contributed by atoms with Crippen LogP contribution >= 0.6 is 0 Å². The number of para-hydroxylation sites is 2. The summed E-state index contributed by atoms with van der Waals surface area (Å²) in [5.74, 6) is -0.872. The van der Waals surface area contributed by atoms with Gasteiger partial charge in [0.25, 0.3) is 5.56 Å². The Hall–Kier alpha value is -3.87. The summed E-state index contributed by atoms with van der Waals surface area (Å²) in [7, 11) is 0. The molecule has 0 unspecified atom stereocenters. The van der Waals surface area contributed by atoms with Gasteiger partial charge in [0.05, 0.1) is 11.4 Å². The normalized spacial score (nSPS) is 11.3. The number of aromatic nitrogens is 2. The fourth-order valence-corrected chi connectivity index (χ4v) is 2.90. The number of rotatable bonds is 4. The highest BCUT2D eigenvalue weighted by Crippen LogP contribution is 2.22. The molecule has 1 N–H and O–H groups in total. The molecule has 0 saturated heterocycles. The molecule has 144 valence electrons. The van der Waals surface area contributed by atoms with Crippen molar-refractivity contribution in [3.05, 3.63) is 100.0 Å². The Morgan fingerprint density at radius 2 is 1.72 bits per heavy atom. The van der Waals surface area contributed by atoms with Crippen LogP contribution in [0.25, 0.3) is 5.65 Å². The van der Waals surface area contributed by atoms with Crippen molar-refractivity contribution in [1.29, 1.82) is 0 Å². The van der Waals surface area contributed by atoms with E-state index in [0.29, 0.717) is 5.65 Å². The van der Waals surface area contributed by atoms with Gasteiger partial charge in [-0.05, 0) is 42.8 Å². The maximum Gasteiger partial charge on any atom is 0.268 e. The van der Waals surface area contributed by atoms with Gasteiger partial charge in [-0.25, -0.2) is 13.8 Å². The Kier molecular flexibility index (Phi) is 4.87. The number of nitrogens with zero attached hydrogens (tertiary/aromatic N) is 3. The quantitative estimate of drug-likeness (QED) is 0.511. The minimum atomic E-state index is -0.517. The highest BCUT2D eigenvalue weighted by atomic mass is 19.1. The molecule has 4 aromatic rings. The number of benzene rings is 2. The number of pyridine rings is 1. The molecule has 0 saturated carbocycles. The zero-order valence-electron chi connectivity index (χ0n) is 15.4. The number of hydrogen-bond acceptors (Lipinski definition) is 4. The van der Waals surface area contributed by atoms with Gasteiger partial charge in [0.2, 0.25) is 0 Å². The van der Waals surface area contributed by atoms with Crippen LogP contribution in [0.3, 0.4) is 0 Å². The summed E-state index contributed by atoms with van der Waals surface area (Å²) in [6.45, 7) is 1.82. The van der Waals surface area contributed by atoms with E-state index >= 15 is 0 Å². The topological polar surface area (TPSA) is 58.8 Å². The summed E-state index contributed by atoms with van der Waals surface area (Å²) < 4.78 is 29.4. The van der Waals surface area contributed by atoms with Crippen LogP contribution in [0.5, 0.6) is 0 Å². The monoisotopic (exact) mass is 390 g/mol. The standard InChI is InChI=1S/C22H16F2N4O/c1-14-7-6-12-28-21(14)27-20(26-19-11-5-3-9-17(19)24)15(22(28)29)13-25-18-10-4-2-8-16(18)23/h2-13,26H,1H3. The fourth-order valence-electron chi connectivity index (χ4n) is 2.90. The smallest absolute Gasteiger partial charge is 0.268 e. The molecule has 29 heavy (non-hydrogen) atoms. The van der Waals surface area contributed by atoms with Crippen LogP contribution < -0.4 is 10.9 Å². The van der Waals surface area contributed by atoms with Gasteiger partial charge >= 0.3 is 0 Å². The van der Waals surface area contributed by atoms with Crippen molar-refractivity contribution in [2.45, 2.75) is 6.92 Å². The SMILES string of the molecule is Cc1cccn2c(=O)c(C=Nc3ccccc3F)c(Nc3ccccc3F)nc12. The summed E-state index contributed by atoms with van der Waals surface area (Å²) in [5.41, 5.74) is 1.13. The molecule has 7 heteroatoms. The third-order valence-corrected chi connectivity index (χ3v) is 4.40. The molecule has 0 aliphatic rings. The van der Waals surface area contributed by atoms with Gasteiger partial charge in [-0.1, -0.05) is 30.3 Å². The van der Waals surface area contributed by atoms with Crippen molar-refractivity contribution in [3.63, 3.8) is 0 Å². The second-order valence-corrected chi connectivity index (χ2v) is 6.38. The third kappa shape index (κ3) is 3.62. The molecule has 2 heterocycles. The highest BCUT2D eigenvalue weighted by molar-refractivity contribution is 5.89. The summed E-state index contributed by atoms with van der Waals surface area (Å²) >= 11 is 0. The second kappa shape index (κ2) is 7.63. The van der Waals surface area contributed by atoms with Crippen LogP contribution in [0.15, 0.2) is 76.6 Å². The second-order valence-electron chi connectivity index (χ2n) is 6.38. The largest absolute Gasteiger partial charge is 0.337 e. The maximum atomic E-state index is 14.1. The van der Waals surface area contributed by atoms with Crippen LogP contribution in [0, 0.1) is 18.6 Å². The zero-order chi connectivity index (χ0) is 20.4. The van der Waals surface area contributed by atoms with Crippen molar-refractivity contribution >= 4 is 29.1 Å². The first kappa shape index (κ1) is 18.5. The van der Waals surface area contributed by atoms with Crippen LogP contribution in [-0.2, 0) is 0 Å². The first-order valence-electron chi connectivity index (χ1n) is 8.87. The van der Waals surface area contributed by atoms with Crippen molar-refractivity contribution in [2.75, 3.05) is 5.32 Å². The number of fused-ring (bicyclic) bond motifs is 1. The lowest BCUT2D eigenvalue weighted by molar-refractivity contribution is 0.630. The van der Waals surface area contributed by atoms with Crippen molar-refractivity contribution in [3.8, 4) is 0 Å². The van der Waals surface area contributed by atoms with E-state index in [1.165, 1.54) is 34.9 Å². The van der Waals surface area contributed by atoms with Crippen LogP contribution in [0.1, 0.15) is 11.1 Å². The van der Waals surface area contributed by atoms with Crippen molar-refractivity contribution in [2.24, 2.45) is 4.99 Å². The van der Waals surface area contributed by atoms with E-state index in [-0.39, 0.29) is 22.8 Å². The molecule has 0 aliphatic carbocycles. The van der Waals surface area contributed by atoms with Crippen molar-refractivity contribution < 1.29 is 8.78 Å². The van der Waals surface area contributed by atoms with Gasteiger partial charge in [-0.2, -0.15) is 0 Å². The van der Waals surface area contributed by atoms with Gasteiger partial charge in [0.15, 0.2) is 0 Å². The van der Waals surface area contributed by atoms with Gasteiger partial charge in [-0.3, -0.25) is 14.2 Å². The predicted molar refractivity (Wildman–Crippen MR) is 110 cm³/mol. The summed E-state index contributed by atoms with van der Waals surface area (Å²) in [5, 5.41) is 2.87. The molecule has 0 bridgehead atoms. The molecule has 0 aliphatic heterocycles. The number of nitrogens with one attached hydrogen (secondary N) is 1. The predicted octanol–water partition coefficient (Wildman–Crippen LogP) is 4.78. The van der Waals surface area contributed by atoms with E-state index in [1.807, 2.05) is 13.0 Å². The molecular weight excluding hydrogens is 374 g/mol. The molecule has 2 aromatic heterocycles. The molecular formula is C22H16F2N4O. The van der Waals surface area contributed by atoms with Gasteiger partial charge < -0.3 is 5.32 Å². The van der Waals surface area contributed by atoms with Crippen molar-refractivity contribution in [1.82, 2.24) is 9.38 Å². The van der Waals surface area contributed by atoms with E-state index in [0.717, 1.165) is 5.56 Å². The first-order valence-corrected chi connectivity index (χ1v) is 8.87. The molecule has 5 nitrogen and oxygen atoms in total. The van der Waals surface area contributed by atoms with Gasteiger partial charge in [0, 0.05) is 12.4 Å². The third-order valence-electron chi connectivity index (χ3n) is 4.40. The van der Waals surface area contributed by atoms with E-state index in [9.17, 15) is 13.6 Å². The first-order chi connectivity index (χ1) is 14.0. The molecule has 0 amide bonds. The average molecular weight is 390 g/mol. The van der Waals surface area contributed by atoms with Crippen LogP contribution in [0.4, 0.5) is 26.0 Å². The maximum absolute atomic E-state index is 14.1. The lowest BCUT2D eigenvalue weighted by Gasteiger charge is -2.12. The Morgan fingerprint density at radius 1 is 1.00 bits per heavy atom. The average Bonchev–Trinajstić information content (AvgIpc) is 2.71. The Morgan fingerprint density at radius 3 is 2.48 bits per heavy atom. The molecule has 4 rings (SSSR count). The number of hydrogen-bond donors (Lipinski definition) is 1. The molecule has 0 spiro atoms. The van der Waals surface area contributed by atoms with E-state index in [2.05, 4.69) is 15.3 Å². The Balaban J connectivity index is 1.91. The summed E-state index contributed by atoms with van der Waals surface area (Å²) in [6, 6.07) is 15.6. The fraction of sp³-hybridized carbons (Fsp3) is 0.0455. The highest BCUT2D eigenvalue weighted by Gasteiger charge is 2.14.